The summed E-state index contributed by atoms with van der Waals surface area (Å²) < 4.78 is 25.4. The Morgan fingerprint density at radius 2 is 1.75 bits per heavy atom. The Bertz CT molecular complexity index is 606. The highest BCUT2D eigenvalue weighted by atomic mass is 32.2. The van der Waals surface area contributed by atoms with Gasteiger partial charge in [0.1, 0.15) is 0 Å². The standard InChI is InChI=1S/C13H17NO5S/c1-9(13(16)17)8-14(3)20(18,19)12-6-4-11(5-7-12)10(2)15/h4-7,9H,8H2,1-3H3,(H,16,17). The van der Waals surface area contributed by atoms with E-state index in [2.05, 4.69) is 0 Å². The second-order valence-electron chi connectivity index (χ2n) is 4.61. The van der Waals surface area contributed by atoms with Crippen LogP contribution < -0.4 is 0 Å². The molecule has 1 rings (SSSR count). The molecule has 0 aliphatic carbocycles. The second kappa shape index (κ2) is 6.15. The van der Waals surface area contributed by atoms with Gasteiger partial charge in [0.05, 0.1) is 10.8 Å². The van der Waals surface area contributed by atoms with E-state index in [0.29, 0.717) is 5.56 Å². The fourth-order valence-electron chi connectivity index (χ4n) is 1.60. The maximum Gasteiger partial charge on any atom is 0.307 e. The van der Waals surface area contributed by atoms with Crippen molar-refractivity contribution in [2.45, 2.75) is 18.7 Å². The van der Waals surface area contributed by atoms with Gasteiger partial charge in [-0.05, 0) is 19.1 Å². The zero-order valence-corrected chi connectivity index (χ0v) is 12.3. The van der Waals surface area contributed by atoms with Crippen LogP contribution in [0.1, 0.15) is 24.2 Å². The van der Waals surface area contributed by atoms with Crippen LogP contribution in [0, 0.1) is 5.92 Å². The van der Waals surface area contributed by atoms with Crippen LogP contribution in [0.2, 0.25) is 0 Å². The highest BCUT2D eigenvalue weighted by molar-refractivity contribution is 7.89. The molecule has 20 heavy (non-hydrogen) atoms. The number of Topliss-reactive ketones (excluding diaryl/α,β-unsaturated/α-hetero) is 1. The third kappa shape index (κ3) is 3.64. The maximum atomic E-state index is 12.2. The lowest BCUT2D eigenvalue weighted by atomic mass is 10.2. The van der Waals surface area contributed by atoms with Gasteiger partial charge in [0.15, 0.2) is 5.78 Å². The van der Waals surface area contributed by atoms with Crippen LogP contribution in [0.3, 0.4) is 0 Å². The van der Waals surface area contributed by atoms with E-state index in [1.54, 1.807) is 0 Å². The number of nitrogens with zero attached hydrogens (tertiary/aromatic N) is 1. The van der Waals surface area contributed by atoms with E-state index in [1.807, 2.05) is 0 Å². The minimum Gasteiger partial charge on any atom is -0.481 e. The van der Waals surface area contributed by atoms with Crippen LogP contribution in [0.4, 0.5) is 0 Å². The van der Waals surface area contributed by atoms with Crippen LogP contribution >= 0.6 is 0 Å². The predicted octanol–water partition coefficient (Wildman–Crippen LogP) is 1.23. The summed E-state index contributed by atoms with van der Waals surface area (Å²) in [6.45, 7) is 2.71. The number of carboxylic acid groups (broad SMARTS) is 1. The largest absolute Gasteiger partial charge is 0.481 e. The molecule has 0 aliphatic rings. The zero-order valence-electron chi connectivity index (χ0n) is 11.5. The van der Waals surface area contributed by atoms with Gasteiger partial charge in [-0.25, -0.2) is 12.7 Å². The molecule has 0 fully saturated rings. The fourth-order valence-corrected chi connectivity index (χ4v) is 2.86. The molecule has 1 N–H and O–H groups in total. The third-order valence-electron chi connectivity index (χ3n) is 2.92. The van der Waals surface area contributed by atoms with Gasteiger partial charge in [0.2, 0.25) is 10.0 Å². The van der Waals surface area contributed by atoms with E-state index in [4.69, 9.17) is 5.11 Å². The van der Waals surface area contributed by atoms with Crippen molar-refractivity contribution in [2.24, 2.45) is 5.92 Å². The highest BCUT2D eigenvalue weighted by Gasteiger charge is 2.24. The number of carbonyl (C=O) groups is 2. The average molecular weight is 299 g/mol. The van der Waals surface area contributed by atoms with Crippen LogP contribution in [0.25, 0.3) is 0 Å². The number of ketones is 1. The normalized spacial score (nSPS) is 13.2. The Balaban J connectivity index is 2.98. The summed E-state index contributed by atoms with van der Waals surface area (Å²) >= 11 is 0. The van der Waals surface area contributed by atoms with Gasteiger partial charge in [0.25, 0.3) is 0 Å². The van der Waals surface area contributed by atoms with Crippen molar-refractivity contribution in [3.8, 4) is 0 Å². The molecule has 110 valence electrons. The van der Waals surface area contributed by atoms with Gasteiger partial charge in [-0.1, -0.05) is 19.1 Å². The summed E-state index contributed by atoms with van der Waals surface area (Å²) in [4.78, 5) is 21.9. The molecule has 0 radical (unpaired) electrons. The summed E-state index contributed by atoms with van der Waals surface area (Å²) in [5, 5.41) is 8.81. The van der Waals surface area contributed by atoms with Gasteiger partial charge in [-0.15, -0.1) is 0 Å². The molecule has 1 unspecified atom stereocenters. The molecule has 1 aromatic carbocycles. The van der Waals surface area contributed by atoms with Crippen molar-refractivity contribution >= 4 is 21.8 Å². The lowest BCUT2D eigenvalue weighted by Gasteiger charge is -2.19. The number of aliphatic carboxylic acids is 1. The highest BCUT2D eigenvalue weighted by Crippen LogP contribution is 2.16. The van der Waals surface area contributed by atoms with Crippen molar-refractivity contribution in [1.82, 2.24) is 4.31 Å². The van der Waals surface area contributed by atoms with Gasteiger partial charge < -0.3 is 5.11 Å². The molecule has 1 atom stereocenters. The van der Waals surface area contributed by atoms with E-state index in [9.17, 15) is 18.0 Å². The molecule has 0 amide bonds. The number of carboxylic acids is 1. The lowest BCUT2D eigenvalue weighted by molar-refractivity contribution is -0.141. The van der Waals surface area contributed by atoms with Gasteiger partial charge in [0, 0.05) is 19.2 Å². The van der Waals surface area contributed by atoms with E-state index in [0.717, 1.165) is 4.31 Å². The van der Waals surface area contributed by atoms with E-state index in [1.165, 1.54) is 45.2 Å². The van der Waals surface area contributed by atoms with Crippen LogP contribution in [-0.4, -0.2) is 43.2 Å². The smallest absolute Gasteiger partial charge is 0.307 e. The molecule has 7 heteroatoms. The number of carbonyl (C=O) groups excluding carboxylic acids is 1. The summed E-state index contributed by atoms with van der Waals surface area (Å²) in [6, 6.07) is 5.55. The molecule has 6 nitrogen and oxygen atoms in total. The molecule has 0 bridgehead atoms. The molecular formula is C13H17NO5S. The topological polar surface area (TPSA) is 91.8 Å². The van der Waals surface area contributed by atoms with E-state index >= 15 is 0 Å². The third-order valence-corrected chi connectivity index (χ3v) is 4.76. The minimum absolute atomic E-state index is 0.0302. The number of hydrogen-bond acceptors (Lipinski definition) is 4. The van der Waals surface area contributed by atoms with Crippen LogP contribution in [-0.2, 0) is 14.8 Å². The number of benzene rings is 1. The lowest BCUT2D eigenvalue weighted by Crippen LogP contribution is -2.33. The van der Waals surface area contributed by atoms with Crippen molar-refractivity contribution in [1.29, 1.82) is 0 Å². The summed E-state index contributed by atoms with van der Waals surface area (Å²) in [5.41, 5.74) is 0.422. The molecule has 0 heterocycles. The number of rotatable bonds is 6. The van der Waals surface area contributed by atoms with Crippen molar-refractivity contribution in [3.05, 3.63) is 29.8 Å². The number of hydrogen-bond donors (Lipinski definition) is 1. The van der Waals surface area contributed by atoms with Gasteiger partial charge >= 0.3 is 5.97 Å². The maximum absolute atomic E-state index is 12.2. The minimum atomic E-state index is -3.75. The average Bonchev–Trinajstić information content (AvgIpc) is 2.38. The van der Waals surface area contributed by atoms with Crippen molar-refractivity contribution in [3.63, 3.8) is 0 Å². The molecule has 0 aromatic heterocycles. The quantitative estimate of drug-likeness (QED) is 0.798. The van der Waals surface area contributed by atoms with E-state index < -0.39 is 21.9 Å². The Labute approximate surface area is 118 Å². The first kappa shape index (κ1) is 16.3. The van der Waals surface area contributed by atoms with Gasteiger partial charge in [-0.2, -0.15) is 0 Å². The molecular weight excluding hydrogens is 282 g/mol. The Kier molecular flexibility index (Phi) is 5.02. The Hall–Kier alpha value is -1.73. The first-order valence-electron chi connectivity index (χ1n) is 5.96. The molecule has 1 aromatic rings. The SMILES string of the molecule is CC(=O)c1ccc(S(=O)(=O)N(C)CC(C)C(=O)O)cc1. The first-order chi connectivity index (χ1) is 9.16. The summed E-state index contributed by atoms with van der Waals surface area (Å²) in [7, 11) is -2.42. The monoisotopic (exact) mass is 299 g/mol. The van der Waals surface area contributed by atoms with E-state index in [-0.39, 0.29) is 17.2 Å². The number of sulfonamides is 1. The summed E-state index contributed by atoms with van der Waals surface area (Å²) in [6.07, 6.45) is 0. The molecule has 0 spiro atoms. The van der Waals surface area contributed by atoms with Crippen LogP contribution in [0.5, 0.6) is 0 Å². The van der Waals surface area contributed by atoms with Gasteiger partial charge in [-0.3, -0.25) is 9.59 Å². The van der Waals surface area contributed by atoms with Crippen molar-refractivity contribution < 1.29 is 23.1 Å². The Morgan fingerprint density at radius 3 is 2.15 bits per heavy atom. The molecule has 0 saturated carbocycles. The zero-order chi connectivity index (χ0) is 15.5. The van der Waals surface area contributed by atoms with Crippen LogP contribution in [0.15, 0.2) is 29.2 Å². The second-order valence-corrected chi connectivity index (χ2v) is 6.65. The Morgan fingerprint density at radius 1 is 1.25 bits per heavy atom. The fraction of sp³-hybridized carbons (Fsp3) is 0.385. The predicted molar refractivity (Wildman–Crippen MR) is 73.1 cm³/mol. The first-order valence-corrected chi connectivity index (χ1v) is 7.40. The molecule has 0 aliphatic heterocycles. The summed E-state index contributed by atoms with van der Waals surface area (Å²) in [5.74, 6) is -2.01. The van der Waals surface area contributed by atoms with Crippen molar-refractivity contribution in [2.75, 3.05) is 13.6 Å². The molecule has 0 saturated heterocycles.